The van der Waals surface area contributed by atoms with Crippen molar-refractivity contribution in [3.63, 3.8) is 0 Å². The minimum absolute atomic E-state index is 0.0154. The molecule has 0 bridgehead atoms. The van der Waals surface area contributed by atoms with E-state index in [-0.39, 0.29) is 33.9 Å². The van der Waals surface area contributed by atoms with E-state index in [0.29, 0.717) is 10.9 Å². The third-order valence-corrected chi connectivity index (χ3v) is 5.29. The summed E-state index contributed by atoms with van der Waals surface area (Å²) in [4.78, 5) is 18.9. The van der Waals surface area contributed by atoms with Gasteiger partial charge in [0.15, 0.2) is 18.0 Å². The van der Waals surface area contributed by atoms with Gasteiger partial charge in [-0.2, -0.15) is 8.42 Å². The summed E-state index contributed by atoms with van der Waals surface area (Å²) in [5.41, 5.74) is -0.0235. The van der Waals surface area contributed by atoms with Gasteiger partial charge in [0.1, 0.15) is 27.3 Å². The van der Waals surface area contributed by atoms with Gasteiger partial charge in [0.2, 0.25) is 5.89 Å². The van der Waals surface area contributed by atoms with E-state index in [0.717, 1.165) is 0 Å². The fraction of sp³-hybridized carbons (Fsp3) is 0.0455. The van der Waals surface area contributed by atoms with Crippen LogP contribution in [0.25, 0.3) is 33.5 Å². The van der Waals surface area contributed by atoms with E-state index in [1.807, 2.05) is 30.6 Å². The summed E-state index contributed by atoms with van der Waals surface area (Å²) < 4.78 is 43.2. The van der Waals surface area contributed by atoms with Gasteiger partial charge in [-0.15, -0.1) is 0 Å². The number of pyridine rings is 1. The first-order valence-corrected chi connectivity index (χ1v) is 10.7. The molecule has 10 heteroatoms. The molecule has 32 heavy (non-hydrogen) atoms. The molecule has 0 aliphatic carbocycles. The predicted molar refractivity (Wildman–Crippen MR) is 115 cm³/mol. The number of H-pyrrole nitrogens is 1. The molecule has 0 aliphatic heterocycles. The van der Waals surface area contributed by atoms with E-state index in [9.17, 15) is 22.9 Å². The number of hydrogen-bond donors (Lipinski definition) is 2. The van der Waals surface area contributed by atoms with Crippen LogP contribution in [0.15, 0.2) is 85.5 Å². The largest absolute Gasteiger partial charge is 0.508 e. The van der Waals surface area contributed by atoms with Crippen LogP contribution in [0.5, 0.6) is 5.75 Å². The molecule has 0 atom stereocenters. The van der Waals surface area contributed by atoms with Crippen LogP contribution in [0.1, 0.15) is 5.56 Å². The fourth-order valence-electron chi connectivity index (χ4n) is 3.03. The number of aromatic amines is 1. The molecular formula is C22H17N2O7S+. The zero-order valence-electron chi connectivity index (χ0n) is 16.6. The van der Waals surface area contributed by atoms with Crippen molar-refractivity contribution >= 4 is 32.2 Å². The zero-order chi connectivity index (χ0) is 22.9. The van der Waals surface area contributed by atoms with Crippen molar-refractivity contribution in [2.45, 2.75) is 11.8 Å². The number of oxazole rings is 1. The van der Waals surface area contributed by atoms with Gasteiger partial charge in [0.05, 0.1) is 0 Å². The summed E-state index contributed by atoms with van der Waals surface area (Å²) in [6, 6.07) is 14.4. The number of aromatic hydroxyl groups is 1. The van der Waals surface area contributed by atoms with Crippen molar-refractivity contribution in [3.8, 4) is 17.2 Å². The van der Waals surface area contributed by atoms with Gasteiger partial charge < -0.3 is 13.9 Å². The summed E-state index contributed by atoms with van der Waals surface area (Å²) in [5, 5.41) is 9.98. The molecule has 0 fully saturated rings. The Kier molecular flexibility index (Phi) is 5.47. The van der Waals surface area contributed by atoms with Crippen LogP contribution in [-0.2, 0) is 10.1 Å². The van der Waals surface area contributed by atoms with Gasteiger partial charge in [-0.05, 0) is 42.8 Å². The van der Waals surface area contributed by atoms with E-state index >= 15 is 0 Å². The van der Waals surface area contributed by atoms with Crippen LogP contribution in [0.3, 0.4) is 0 Å². The topological polar surface area (TPSA) is 145 Å². The third kappa shape index (κ3) is 4.36. The molecule has 0 amide bonds. The van der Waals surface area contributed by atoms with Gasteiger partial charge in [-0.25, -0.2) is 14.8 Å². The van der Waals surface area contributed by atoms with Crippen LogP contribution in [0.2, 0.25) is 0 Å². The highest BCUT2D eigenvalue weighted by Gasteiger charge is 2.22. The standard InChI is InChI=1S/C17H11NO7S.C5H5N/c1-8-4-12-15(14(5-8)26(21,22)23)25-16(18-12)11-6-9-2-3-10(19)7-13(9)24-17(11)20;1-2-4-6-5-3-1/h2-7,19H,1H3,(H,21,22,23);1-5H/p+1. The number of hydrogen-bond acceptors (Lipinski definition) is 7. The van der Waals surface area contributed by atoms with E-state index < -0.39 is 20.6 Å². The Morgan fingerprint density at radius 1 is 1.00 bits per heavy atom. The van der Waals surface area contributed by atoms with E-state index in [1.54, 1.807) is 19.1 Å². The number of aromatic nitrogens is 2. The Balaban J connectivity index is 0.000000354. The smallest absolute Gasteiger partial charge is 0.349 e. The molecule has 3 N–H and O–H groups in total. The summed E-state index contributed by atoms with van der Waals surface area (Å²) in [6.45, 7) is 1.64. The summed E-state index contributed by atoms with van der Waals surface area (Å²) in [7, 11) is -4.53. The molecule has 0 unspecified atom stereocenters. The zero-order valence-corrected chi connectivity index (χ0v) is 17.5. The van der Waals surface area contributed by atoms with Crippen molar-refractivity contribution in [2.75, 3.05) is 0 Å². The lowest BCUT2D eigenvalue weighted by Crippen LogP contribution is -2.02. The van der Waals surface area contributed by atoms with Crippen molar-refractivity contribution in [3.05, 3.63) is 83.0 Å². The Labute approximate surface area is 181 Å². The van der Waals surface area contributed by atoms with Crippen molar-refractivity contribution < 1.29 is 31.9 Å². The minimum Gasteiger partial charge on any atom is -0.508 e. The number of aryl methyl sites for hydroxylation is 1. The Hall–Kier alpha value is -4.02. The SMILES string of the molecule is Cc1cc(S(=O)(=O)O)c2oc(-c3cc4ccc(O)cc4oc3=O)nc2c1.c1cc[nH+]cc1. The molecule has 0 saturated heterocycles. The first kappa shape index (κ1) is 21.2. The van der Waals surface area contributed by atoms with Crippen LogP contribution < -0.4 is 10.6 Å². The molecule has 0 saturated carbocycles. The summed E-state index contributed by atoms with van der Waals surface area (Å²) in [6.07, 6.45) is 3.75. The quantitative estimate of drug-likeness (QED) is 0.306. The van der Waals surface area contributed by atoms with Crippen LogP contribution in [-0.4, -0.2) is 23.1 Å². The Morgan fingerprint density at radius 3 is 2.38 bits per heavy atom. The van der Waals surface area contributed by atoms with Crippen molar-refractivity contribution in [1.29, 1.82) is 0 Å². The normalized spacial score (nSPS) is 11.3. The second-order valence-corrected chi connectivity index (χ2v) is 8.24. The fourth-order valence-corrected chi connectivity index (χ4v) is 3.75. The molecular weight excluding hydrogens is 436 g/mol. The van der Waals surface area contributed by atoms with E-state index in [4.69, 9.17) is 8.83 Å². The maximum Gasteiger partial charge on any atom is 0.349 e. The molecule has 0 radical (unpaired) electrons. The summed E-state index contributed by atoms with van der Waals surface area (Å²) in [5.74, 6) is -0.192. The van der Waals surface area contributed by atoms with E-state index in [1.165, 1.54) is 24.3 Å². The molecule has 0 spiro atoms. The van der Waals surface area contributed by atoms with Crippen molar-refractivity contribution in [1.82, 2.24) is 4.98 Å². The van der Waals surface area contributed by atoms with Crippen LogP contribution >= 0.6 is 0 Å². The molecule has 3 heterocycles. The average Bonchev–Trinajstić information content (AvgIpc) is 3.17. The number of phenols is 1. The van der Waals surface area contributed by atoms with Crippen molar-refractivity contribution in [2.24, 2.45) is 0 Å². The van der Waals surface area contributed by atoms with Crippen LogP contribution in [0, 0.1) is 6.92 Å². The third-order valence-electron chi connectivity index (χ3n) is 4.44. The molecule has 0 aliphatic rings. The molecule has 162 valence electrons. The van der Waals surface area contributed by atoms with Gasteiger partial charge >= 0.3 is 5.63 Å². The molecule has 5 aromatic rings. The maximum atomic E-state index is 12.3. The lowest BCUT2D eigenvalue weighted by molar-refractivity contribution is -0.377. The highest BCUT2D eigenvalue weighted by atomic mass is 32.2. The lowest BCUT2D eigenvalue weighted by atomic mass is 10.2. The monoisotopic (exact) mass is 453 g/mol. The highest BCUT2D eigenvalue weighted by molar-refractivity contribution is 7.86. The van der Waals surface area contributed by atoms with Gasteiger partial charge in [0, 0.05) is 23.6 Å². The maximum absolute atomic E-state index is 12.3. The first-order chi connectivity index (χ1) is 15.2. The molecule has 9 nitrogen and oxygen atoms in total. The number of fused-ring (bicyclic) bond motifs is 2. The molecule has 3 aromatic heterocycles. The Morgan fingerprint density at radius 2 is 1.75 bits per heavy atom. The number of benzene rings is 2. The van der Waals surface area contributed by atoms with Crippen LogP contribution in [0.4, 0.5) is 0 Å². The average molecular weight is 453 g/mol. The van der Waals surface area contributed by atoms with E-state index in [2.05, 4.69) is 9.97 Å². The first-order valence-electron chi connectivity index (χ1n) is 9.29. The summed E-state index contributed by atoms with van der Waals surface area (Å²) >= 11 is 0. The second-order valence-electron chi connectivity index (χ2n) is 6.85. The number of nitrogens with one attached hydrogen (secondary N) is 1. The number of rotatable bonds is 2. The van der Waals surface area contributed by atoms with Gasteiger partial charge in [-0.3, -0.25) is 4.55 Å². The predicted octanol–water partition coefficient (Wildman–Crippen LogP) is 3.36. The second kappa shape index (κ2) is 8.25. The molecule has 5 rings (SSSR count). The Bertz CT molecular complexity index is 1560. The minimum atomic E-state index is -4.53. The highest BCUT2D eigenvalue weighted by Crippen LogP contribution is 2.30. The van der Waals surface area contributed by atoms with Gasteiger partial charge in [-0.1, -0.05) is 6.07 Å². The number of phenolic OH excluding ortho intramolecular Hbond substituents is 1. The molecule has 2 aromatic carbocycles. The van der Waals surface area contributed by atoms with Gasteiger partial charge in [0.25, 0.3) is 10.1 Å². The number of nitrogens with zero attached hydrogens (tertiary/aromatic N) is 1. The lowest BCUT2D eigenvalue weighted by Gasteiger charge is -2.00.